The van der Waals surface area contributed by atoms with Gasteiger partial charge in [0, 0.05) is 5.57 Å². The van der Waals surface area contributed by atoms with Gasteiger partial charge < -0.3 is 5.11 Å². The van der Waals surface area contributed by atoms with Crippen LogP contribution in [0.2, 0.25) is 0 Å². The number of rotatable bonds is 1. The number of hydrogen-bond donors (Lipinski definition) is 1. The maximum Gasteiger partial charge on any atom is 0.330 e. The summed E-state index contributed by atoms with van der Waals surface area (Å²) in [5.74, 6) is -0.935. The zero-order valence-corrected chi connectivity index (χ0v) is 4.56. The lowest BCUT2D eigenvalue weighted by molar-refractivity contribution is -0.132. The Morgan fingerprint density at radius 2 is 1.86 bits per heavy atom. The van der Waals surface area contributed by atoms with Gasteiger partial charge >= 0.3 is 5.97 Å². The van der Waals surface area contributed by atoms with E-state index >= 15 is 0 Å². The lowest BCUT2D eigenvalue weighted by Crippen LogP contribution is -1.92. The highest BCUT2D eigenvalue weighted by atomic mass is 16.4. The van der Waals surface area contributed by atoms with Gasteiger partial charge in [0.1, 0.15) is 0 Å². The Kier molecular flexibility index (Phi) is 4.62. The van der Waals surface area contributed by atoms with Crippen molar-refractivity contribution in [2.45, 2.75) is 6.92 Å². The molecule has 0 spiro atoms. The number of carboxylic acid groups (broad SMARTS) is 1. The van der Waals surface area contributed by atoms with Gasteiger partial charge in [-0.25, -0.2) is 4.79 Å². The van der Waals surface area contributed by atoms with E-state index in [1.807, 2.05) is 0 Å². The van der Waals surface area contributed by atoms with Gasteiger partial charge in [-0.2, -0.15) is 0 Å². The third-order valence-electron chi connectivity index (χ3n) is 0.365. The Morgan fingerprint density at radius 3 is 1.86 bits per heavy atom. The summed E-state index contributed by atoms with van der Waals surface area (Å²) >= 11 is 0. The molecule has 41 valence electrons. The zero-order valence-electron chi connectivity index (χ0n) is 4.56. The first-order valence-electron chi connectivity index (χ1n) is 1.53. The second kappa shape index (κ2) is 3.40. The molecule has 0 aromatic heterocycles. The van der Waals surface area contributed by atoms with E-state index in [4.69, 9.17) is 5.11 Å². The van der Waals surface area contributed by atoms with Gasteiger partial charge in [0.15, 0.2) is 0 Å². The minimum atomic E-state index is -0.935. The van der Waals surface area contributed by atoms with E-state index in [-0.39, 0.29) is 13.0 Å². The fourth-order valence-electron chi connectivity index (χ4n) is 0. The summed E-state index contributed by atoms with van der Waals surface area (Å²) in [6, 6.07) is 0. The van der Waals surface area contributed by atoms with E-state index < -0.39 is 5.97 Å². The molecule has 0 saturated carbocycles. The quantitative estimate of drug-likeness (QED) is 0.502. The van der Waals surface area contributed by atoms with E-state index in [0.717, 1.165) is 0 Å². The largest absolute Gasteiger partial charge is 0.478 e. The van der Waals surface area contributed by atoms with Crippen LogP contribution in [0.5, 0.6) is 0 Å². The highest BCUT2D eigenvalue weighted by molar-refractivity contribution is 5.84. The van der Waals surface area contributed by atoms with E-state index in [9.17, 15) is 4.79 Å². The third kappa shape index (κ3) is 5.21. The molecule has 0 fully saturated rings. The number of hydrogen-bond acceptors (Lipinski definition) is 1. The van der Waals surface area contributed by atoms with Crippen LogP contribution in [0.15, 0.2) is 12.2 Å². The zero-order chi connectivity index (χ0) is 5.15. The molecule has 1 N–H and O–H groups in total. The molecule has 1 radical (unpaired) electrons. The van der Waals surface area contributed by atoms with Crippen molar-refractivity contribution >= 4 is 5.97 Å². The molecule has 2 nitrogen and oxygen atoms in total. The first-order valence-corrected chi connectivity index (χ1v) is 1.53. The topological polar surface area (TPSA) is 37.3 Å². The van der Waals surface area contributed by atoms with Crippen LogP contribution in [0.3, 0.4) is 0 Å². The van der Waals surface area contributed by atoms with Gasteiger partial charge in [-0.05, 0) is 6.92 Å². The maximum atomic E-state index is 9.60. The average molecular weight is 101 g/mol. The first kappa shape index (κ1) is 9.51. The van der Waals surface area contributed by atoms with Gasteiger partial charge in [-0.3, -0.25) is 0 Å². The Hall–Kier alpha value is -0.790. The minimum Gasteiger partial charge on any atom is -0.478 e. The molecular weight excluding hydrogens is 92.1 g/mol. The second-order valence-corrected chi connectivity index (χ2v) is 1.09. The predicted octanol–water partition coefficient (Wildman–Crippen LogP) is 1.10. The standard InChI is InChI=1S/C4H6O2.CH3/c1-3(2)4(5)6;/h1H2,2H3,(H,5,6);1H3. The molecule has 0 atom stereocenters. The van der Waals surface area contributed by atoms with Crippen LogP contribution in [0, 0.1) is 7.43 Å². The van der Waals surface area contributed by atoms with Crippen LogP contribution in [0.4, 0.5) is 0 Å². The Labute approximate surface area is 43.5 Å². The van der Waals surface area contributed by atoms with Crippen LogP contribution in [-0.2, 0) is 4.79 Å². The van der Waals surface area contributed by atoms with E-state index in [1.54, 1.807) is 0 Å². The van der Waals surface area contributed by atoms with Crippen LogP contribution < -0.4 is 0 Å². The van der Waals surface area contributed by atoms with E-state index in [2.05, 4.69) is 6.58 Å². The number of carboxylic acids is 1. The van der Waals surface area contributed by atoms with Crippen molar-refractivity contribution in [1.82, 2.24) is 0 Å². The number of carbonyl (C=O) groups is 1. The molecule has 7 heavy (non-hydrogen) atoms. The van der Waals surface area contributed by atoms with E-state index in [1.165, 1.54) is 6.92 Å². The molecule has 0 aromatic carbocycles. The van der Waals surface area contributed by atoms with Crippen molar-refractivity contribution in [3.05, 3.63) is 19.6 Å². The lowest BCUT2D eigenvalue weighted by Gasteiger charge is -1.79. The molecule has 0 aliphatic carbocycles. The van der Waals surface area contributed by atoms with Gasteiger partial charge in [0.25, 0.3) is 0 Å². The molecule has 0 unspecified atom stereocenters. The fraction of sp³-hybridized carbons (Fsp3) is 0.200. The molecule has 0 aromatic rings. The van der Waals surface area contributed by atoms with Crippen molar-refractivity contribution in [3.63, 3.8) is 0 Å². The first-order chi connectivity index (χ1) is 2.64. The van der Waals surface area contributed by atoms with Crippen molar-refractivity contribution in [2.75, 3.05) is 0 Å². The summed E-state index contributed by atoms with van der Waals surface area (Å²) in [4.78, 5) is 9.60. The fourth-order valence-corrected chi connectivity index (χ4v) is 0. The highest BCUT2D eigenvalue weighted by Crippen LogP contribution is 1.81. The van der Waals surface area contributed by atoms with Gasteiger partial charge in [-0.1, -0.05) is 14.0 Å². The van der Waals surface area contributed by atoms with Crippen molar-refractivity contribution in [2.24, 2.45) is 0 Å². The molecular formula is C5H9O2. The van der Waals surface area contributed by atoms with Gasteiger partial charge in [0.2, 0.25) is 0 Å². The highest BCUT2D eigenvalue weighted by Gasteiger charge is 1.90. The van der Waals surface area contributed by atoms with Gasteiger partial charge in [0.05, 0.1) is 0 Å². The molecule has 0 rings (SSSR count). The van der Waals surface area contributed by atoms with E-state index in [0.29, 0.717) is 0 Å². The van der Waals surface area contributed by atoms with Crippen LogP contribution in [0.1, 0.15) is 6.92 Å². The smallest absolute Gasteiger partial charge is 0.330 e. The van der Waals surface area contributed by atoms with Crippen molar-refractivity contribution < 1.29 is 9.90 Å². The molecule has 0 aliphatic heterocycles. The third-order valence-corrected chi connectivity index (χ3v) is 0.365. The summed E-state index contributed by atoms with van der Waals surface area (Å²) in [6.07, 6.45) is 0. The monoisotopic (exact) mass is 101 g/mol. The summed E-state index contributed by atoms with van der Waals surface area (Å²) < 4.78 is 0. The molecule has 0 heterocycles. The minimum absolute atomic E-state index is 0. The molecule has 2 heteroatoms. The Bertz CT molecular complexity index is 72.1. The second-order valence-electron chi connectivity index (χ2n) is 1.09. The average Bonchev–Trinajstić information content (AvgIpc) is 1.36. The Balaban J connectivity index is 0. The molecule has 0 aliphatic rings. The molecule has 0 saturated heterocycles. The summed E-state index contributed by atoms with van der Waals surface area (Å²) in [6.45, 7) is 4.60. The maximum absolute atomic E-state index is 9.60. The molecule has 0 amide bonds. The van der Waals surface area contributed by atoms with Crippen molar-refractivity contribution in [1.29, 1.82) is 0 Å². The summed E-state index contributed by atoms with van der Waals surface area (Å²) in [5.41, 5.74) is 0.176. The van der Waals surface area contributed by atoms with Crippen molar-refractivity contribution in [3.8, 4) is 0 Å². The predicted molar refractivity (Wildman–Crippen MR) is 28.9 cm³/mol. The van der Waals surface area contributed by atoms with Crippen LogP contribution in [-0.4, -0.2) is 11.1 Å². The SMILES string of the molecule is C=C(C)C(=O)O.[CH3]. The summed E-state index contributed by atoms with van der Waals surface area (Å²) in [5, 5.41) is 7.89. The number of aliphatic carboxylic acids is 1. The molecule has 0 bridgehead atoms. The lowest BCUT2D eigenvalue weighted by atomic mass is 10.4. The summed E-state index contributed by atoms with van der Waals surface area (Å²) in [7, 11) is 0. The Morgan fingerprint density at radius 1 is 1.71 bits per heavy atom. The van der Waals surface area contributed by atoms with Gasteiger partial charge in [-0.15, -0.1) is 0 Å². The van der Waals surface area contributed by atoms with Crippen LogP contribution in [0.25, 0.3) is 0 Å². The normalized spacial score (nSPS) is 6.43. The van der Waals surface area contributed by atoms with Crippen LogP contribution >= 0.6 is 0 Å².